The number of fused-ring (bicyclic) bond motifs is 1. The number of hydrogen-bond donors (Lipinski definition) is 2. The minimum atomic E-state index is 0.782. The maximum Gasteiger partial charge on any atom is 0.122 e. The number of nitrogens with zero attached hydrogens (tertiary/aromatic N) is 1. The molecule has 1 aromatic carbocycles. The highest BCUT2D eigenvalue weighted by Crippen LogP contribution is 2.29. The van der Waals surface area contributed by atoms with E-state index < -0.39 is 0 Å². The number of imidazole rings is 1. The van der Waals surface area contributed by atoms with Crippen LogP contribution in [0.25, 0.3) is 11.3 Å². The van der Waals surface area contributed by atoms with Crippen molar-refractivity contribution in [3.05, 3.63) is 35.8 Å². The van der Waals surface area contributed by atoms with Crippen LogP contribution in [0.4, 0.5) is 0 Å². The topological polar surface area (TPSA) is 49.9 Å². The van der Waals surface area contributed by atoms with Crippen LogP contribution in [0, 0.1) is 0 Å². The van der Waals surface area contributed by atoms with Gasteiger partial charge < -0.3 is 15.0 Å². The number of aromatic nitrogens is 2. The lowest BCUT2D eigenvalue weighted by molar-refractivity contribution is 0.288. The Morgan fingerprint density at radius 1 is 1.42 bits per heavy atom. The predicted octanol–water partition coefficient (Wildman–Crippen LogP) is 2.51. The lowest BCUT2D eigenvalue weighted by Crippen LogP contribution is -2.12. The molecule has 3 rings (SSSR count). The number of H-pyrrole nitrogens is 1. The zero-order valence-electron chi connectivity index (χ0n) is 11.2. The number of aromatic amines is 1. The zero-order valence-corrected chi connectivity index (χ0v) is 11.2. The molecule has 4 nitrogen and oxygen atoms in total. The number of aryl methyl sites for hydroxylation is 1. The Hall–Kier alpha value is -1.81. The van der Waals surface area contributed by atoms with Crippen LogP contribution >= 0.6 is 0 Å². The second-order valence-corrected chi connectivity index (χ2v) is 4.80. The van der Waals surface area contributed by atoms with Crippen LogP contribution in [0.2, 0.25) is 0 Å². The summed E-state index contributed by atoms with van der Waals surface area (Å²) in [5, 5.41) is 3.27. The van der Waals surface area contributed by atoms with Gasteiger partial charge in [0.15, 0.2) is 0 Å². The number of ether oxygens (including phenoxy) is 1. The second kappa shape index (κ2) is 5.45. The molecule has 0 spiro atoms. The fourth-order valence-electron chi connectivity index (χ4n) is 2.37. The number of hydrogen-bond acceptors (Lipinski definition) is 3. The molecule has 4 heteroatoms. The molecule has 0 unspecified atom stereocenters. The van der Waals surface area contributed by atoms with Crippen molar-refractivity contribution in [3.8, 4) is 17.0 Å². The molecule has 2 N–H and O–H groups in total. The molecule has 0 radical (unpaired) electrons. The van der Waals surface area contributed by atoms with Gasteiger partial charge in [-0.15, -0.1) is 0 Å². The highest BCUT2D eigenvalue weighted by molar-refractivity contribution is 5.62. The van der Waals surface area contributed by atoms with Crippen LogP contribution in [0.1, 0.15) is 24.7 Å². The van der Waals surface area contributed by atoms with Gasteiger partial charge in [-0.25, -0.2) is 4.98 Å². The molecule has 0 atom stereocenters. The molecule has 2 heterocycles. The summed E-state index contributed by atoms with van der Waals surface area (Å²) in [5.74, 6) is 2.01. The van der Waals surface area contributed by atoms with Crippen LogP contribution in [0.3, 0.4) is 0 Å². The van der Waals surface area contributed by atoms with E-state index in [4.69, 9.17) is 4.74 Å². The van der Waals surface area contributed by atoms with E-state index in [1.165, 1.54) is 11.1 Å². The average Bonchev–Trinajstić information content (AvgIpc) is 2.93. The molecule has 0 fully saturated rings. The van der Waals surface area contributed by atoms with Crippen molar-refractivity contribution < 1.29 is 4.74 Å². The summed E-state index contributed by atoms with van der Waals surface area (Å²) in [4.78, 5) is 7.75. The minimum Gasteiger partial charge on any atom is -0.493 e. The van der Waals surface area contributed by atoms with E-state index in [2.05, 4.69) is 40.4 Å². The zero-order chi connectivity index (χ0) is 13.1. The molecular formula is C15H19N3O. The summed E-state index contributed by atoms with van der Waals surface area (Å²) in [6.45, 7) is 4.66. The van der Waals surface area contributed by atoms with E-state index in [1.54, 1.807) is 0 Å². The molecule has 0 amide bonds. The highest BCUT2D eigenvalue weighted by Gasteiger charge is 2.12. The van der Waals surface area contributed by atoms with Crippen LogP contribution in [-0.2, 0) is 13.0 Å². The third kappa shape index (κ3) is 2.63. The predicted molar refractivity (Wildman–Crippen MR) is 75.2 cm³/mol. The third-order valence-electron chi connectivity index (χ3n) is 3.39. The molecule has 0 aliphatic carbocycles. The van der Waals surface area contributed by atoms with E-state index in [9.17, 15) is 0 Å². The van der Waals surface area contributed by atoms with Crippen LogP contribution in [-0.4, -0.2) is 23.1 Å². The number of rotatable bonds is 4. The Labute approximate surface area is 113 Å². The normalized spacial score (nSPS) is 13.9. The fourth-order valence-corrected chi connectivity index (χ4v) is 2.37. The van der Waals surface area contributed by atoms with E-state index in [0.29, 0.717) is 0 Å². The van der Waals surface area contributed by atoms with Crippen molar-refractivity contribution in [1.82, 2.24) is 15.3 Å². The molecule has 100 valence electrons. The van der Waals surface area contributed by atoms with Crippen molar-refractivity contribution in [1.29, 1.82) is 0 Å². The van der Waals surface area contributed by atoms with Crippen molar-refractivity contribution in [2.24, 2.45) is 0 Å². The summed E-state index contributed by atoms with van der Waals surface area (Å²) < 4.78 is 5.64. The molecule has 1 aliphatic heterocycles. The van der Waals surface area contributed by atoms with Gasteiger partial charge in [0.1, 0.15) is 11.6 Å². The first-order chi connectivity index (χ1) is 9.36. The van der Waals surface area contributed by atoms with E-state index in [1.807, 2.05) is 6.20 Å². The molecule has 2 aromatic rings. The maximum absolute atomic E-state index is 5.64. The SMILES string of the molecule is CCNCc1ncc(-c2ccc3c(c2)CCCO3)[nH]1. The summed E-state index contributed by atoms with van der Waals surface area (Å²) in [6.07, 6.45) is 4.10. The Morgan fingerprint density at radius 2 is 2.37 bits per heavy atom. The molecular weight excluding hydrogens is 238 g/mol. The van der Waals surface area contributed by atoms with E-state index >= 15 is 0 Å². The van der Waals surface area contributed by atoms with Gasteiger partial charge in [0.05, 0.1) is 25.0 Å². The van der Waals surface area contributed by atoms with Gasteiger partial charge in [0.25, 0.3) is 0 Å². The largest absolute Gasteiger partial charge is 0.493 e. The molecule has 1 aromatic heterocycles. The van der Waals surface area contributed by atoms with Crippen molar-refractivity contribution in [3.63, 3.8) is 0 Å². The molecule has 19 heavy (non-hydrogen) atoms. The summed E-state index contributed by atoms with van der Waals surface area (Å²) in [5.41, 5.74) is 3.55. The van der Waals surface area contributed by atoms with Crippen molar-refractivity contribution in [2.75, 3.05) is 13.2 Å². The Balaban J connectivity index is 1.83. The monoisotopic (exact) mass is 257 g/mol. The Kier molecular flexibility index (Phi) is 3.51. The summed E-state index contributed by atoms with van der Waals surface area (Å²) in [6, 6.07) is 6.36. The van der Waals surface area contributed by atoms with Gasteiger partial charge in [-0.3, -0.25) is 0 Å². The highest BCUT2D eigenvalue weighted by atomic mass is 16.5. The van der Waals surface area contributed by atoms with Crippen molar-refractivity contribution in [2.45, 2.75) is 26.3 Å². The quantitative estimate of drug-likeness (QED) is 0.885. The van der Waals surface area contributed by atoms with Crippen LogP contribution < -0.4 is 10.1 Å². The number of nitrogens with one attached hydrogen (secondary N) is 2. The second-order valence-electron chi connectivity index (χ2n) is 4.80. The van der Waals surface area contributed by atoms with Crippen LogP contribution in [0.15, 0.2) is 24.4 Å². The van der Waals surface area contributed by atoms with Gasteiger partial charge in [-0.05, 0) is 43.1 Å². The lowest BCUT2D eigenvalue weighted by atomic mass is 10.0. The first kappa shape index (κ1) is 12.2. The minimum absolute atomic E-state index is 0.782. The van der Waals surface area contributed by atoms with Gasteiger partial charge in [0.2, 0.25) is 0 Å². The van der Waals surface area contributed by atoms with E-state index in [0.717, 1.165) is 49.8 Å². The van der Waals surface area contributed by atoms with Gasteiger partial charge in [-0.2, -0.15) is 0 Å². The molecule has 0 bridgehead atoms. The Bertz CT molecular complexity index is 562. The van der Waals surface area contributed by atoms with Gasteiger partial charge in [0, 0.05) is 5.56 Å². The average molecular weight is 257 g/mol. The Morgan fingerprint density at radius 3 is 3.26 bits per heavy atom. The molecule has 1 aliphatic rings. The van der Waals surface area contributed by atoms with E-state index in [-0.39, 0.29) is 0 Å². The fraction of sp³-hybridized carbons (Fsp3) is 0.400. The maximum atomic E-state index is 5.64. The van der Waals surface area contributed by atoms with Crippen LogP contribution in [0.5, 0.6) is 5.75 Å². The number of benzene rings is 1. The smallest absolute Gasteiger partial charge is 0.122 e. The summed E-state index contributed by atoms with van der Waals surface area (Å²) in [7, 11) is 0. The first-order valence-electron chi connectivity index (χ1n) is 6.87. The molecule has 0 saturated carbocycles. The standard InChI is InChI=1S/C15H19N3O/c1-2-16-10-15-17-9-13(18-15)11-5-6-14-12(8-11)4-3-7-19-14/h5-6,8-9,16H,2-4,7,10H2,1H3,(H,17,18). The third-order valence-corrected chi connectivity index (χ3v) is 3.39. The first-order valence-corrected chi connectivity index (χ1v) is 6.87. The van der Waals surface area contributed by atoms with Crippen molar-refractivity contribution >= 4 is 0 Å². The summed E-state index contributed by atoms with van der Waals surface area (Å²) >= 11 is 0. The van der Waals surface area contributed by atoms with Gasteiger partial charge in [-0.1, -0.05) is 6.92 Å². The van der Waals surface area contributed by atoms with Gasteiger partial charge >= 0.3 is 0 Å². The lowest BCUT2D eigenvalue weighted by Gasteiger charge is -2.17. The molecule has 0 saturated heterocycles.